The van der Waals surface area contributed by atoms with Gasteiger partial charge < -0.3 is 5.73 Å². The molecule has 0 unspecified atom stereocenters. The lowest BCUT2D eigenvalue weighted by Gasteiger charge is -2.13. The maximum atomic E-state index is 13.7. The summed E-state index contributed by atoms with van der Waals surface area (Å²) in [6.07, 6.45) is 2.48. The number of rotatable bonds is 4. The lowest BCUT2D eigenvalue weighted by molar-refractivity contribution is 0.605. The molecule has 2 aromatic rings. The van der Waals surface area contributed by atoms with Crippen LogP contribution in [0.15, 0.2) is 36.5 Å². The molecule has 0 aliphatic carbocycles. The Bertz CT molecular complexity index is 886. The fourth-order valence-corrected chi connectivity index (χ4v) is 3.51. The Morgan fingerprint density at radius 3 is 2.57 bits per heavy atom. The Morgan fingerprint density at radius 2 is 2.00 bits per heavy atom. The molecule has 0 atom stereocenters. The smallest absolute Gasteiger partial charge is 0.263 e. The molecule has 23 heavy (non-hydrogen) atoms. The molecule has 0 saturated carbocycles. The summed E-state index contributed by atoms with van der Waals surface area (Å²) in [7, 11) is -4.11. The summed E-state index contributed by atoms with van der Waals surface area (Å²) in [6, 6.07) is 5.36. The van der Waals surface area contributed by atoms with Crippen LogP contribution in [0, 0.1) is 5.82 Å². The number of hydrogen-bond acceptors (Lipinski definition) is 4. The average molecular weight is 376 g/mol. The molecule has 9 heteroatoms. The largest absolute Gasteiger partial charge is 0.398 e. The van der Waals surface area contributed by atoms with Crippen molar-refractivity contribution in [2.75, 3.05) is 10.5 Å². The fourth-order valence-electron chi connectivity index (χ4n) is 1.89. The van der Waals surface area contributed by atoms with Gasteiger partial charge in [-0.3, -0.25) is 4.72 Å². The van der Waals surface area contributed by atoms with Crippen LogP contribution >= 0.6 is 23.2 Å². The van der Waals surface area contributed by atoms with Crippen LogP contribution < -0.4 is 10.5 Å². The van der Waals surface area contributed by atoms with Gasteiger partial charge in [0.2, 0.25) is 0 Å². The zero-order valence-corrected chi connectivity index (χ0v) is 14.2. The van der Waals surface area contributed by atoms with E-state index in [1.54, 1.807) is 0 Å². The number of nitrogens with two attached hydrogens (primary N) is 1. The van der Waals surface area contributed by atoms with Gasteiger partial charge in [0.25, 0.3) is 10.0 Å². The number of nitrogen functional groups attached to an aromatic ring is 1. The minimum Gasteiger partial charge on any atom is -0.398 e. The van der Waals surface area contributed by atoms with Gasteiger partial charge >= 0.3 is 0 Å². The highest BCUT2D eigenvalue weighted by Crippen LogP contribution is 2.30. The van der Waals surface area contributed by atoms with Crippen LogP contribution in [0.1, 0.15) is 12.5 Å². The average Bonchev–Trinajstić information content (AvgIpc) is 2.45. The Morgan fingerprint density at radius 1 is 1.30 bits per heavy atom. The minimum atomic E-state index is -4.11. The zero-order chi connectivity index (χ0) is 17.2. The van der Waals surface area contributed by atoms with Crippen LogP contribution in [0.5, 0.6) is 0 Å². The van der Waals surface area contributed by atoms with Crippen molar-refractivity contribution >= 4 is 49.6 Å². The van der Waals surface area contributed by atoms with Crippen LogP contribution in [0.4, 0.5) is 15.9 Å². The molecule has 0 fully saturated rings. The number of pyridine rings is 1. The van der Waals surface area contributed by atoms with Gasteiger partial charge in [0.1, 0.15) is 0 Å². The number of anilines is 2. The Balaban J connectivity index is 2.44. The topological polar surface area (TPSA) is 85.1 Å². The first-order valence-corrected chi connectivity index (χ1v) is 8.54. The molecule has 122 valence electrons. The Labute approximate surface area is 143 Å². The molecule has 0 saturated heterocycles. The van der Waals surface area contributed by atoms with Crippen molar-refractivity contribution in [2.45, 2.75) is 6.92 Å². The zero-order valence-electron chi connectivity index (χ0n) is 11.8. The molecule has 0 bridgehead atoms. The van der Waals surface area contributed by atoms with Gasteiger partial charge in [-0.2, -0.15) is 0 Å². The molecule has 1 heterocycles. The molecular weight excluding hydrogens is 364 g/mol. The van der Waals surface area contributed by atoms with E-state index in [-0.39, 0.29) is 21.2 Å². The van der Waals surface area contributed by atoms with Gasteiger partial charge in [-0.05, 0) is 25.1 Å². The van der Waals surface area contributed by atoms with E-state index in [1.807, 2.05) is 0 Å². The van der Waals surface area contributed by atoms with Crippen LogP contribution in [0.25, 0.3) is 4.91 Å². The van der Waals surface area contributed by atoms with E-state index < -0.39 is 21.7 Å². The predicted octanol–water partition coefficient (Wildman–Crippen LogP) is 3.91. The Kier molecular flexibility index (Phi) is 5.13. The van der Waals surface area contributed by atoms with E-state index in [4.69, 9.17) is 28.9 Å². The van der Waals surface area contributed by atoms with E-state index in [9.17, 15) is 12.8 Å². The van der Waals surface area contributed by atoms with Gasteiger partial charge in [0, 0.05) is 22.5 Å². The van der Waals surface area contributed by atoms with Crippen molar-refractivity contribution in [3.63, 3.8) is 0 Å². The highest BCUT2D eigenvalue weighted by molar-refractivity contribution is 8.01. The molecule has 0 spiro atoms. The predicted molar refractivity (Wildman–Crippen MR) is 91.3 cm³/mol. The van der Waals surface area contributed by atoms with Gasteiger partial charge in [-0.25, -0.2) is 17.8 Å². The van der Waals surface area contributed by atoms with Crippen molar-refractivity contribution in [2.24, 2.45) is 0 Å². The van der Waals surface area contributed by atoms with E-state index >= 15 is 0 Å². The number of benzene rings is 1. The number of sulfonamides is 1. The third-order valence-electron chi connectivity index (χ3n) is 2.87. The van der Waals surface area contributed by atoms with Crippen molar-refractivity contribution in [1.29, 1.82) is 0 Å². The minimum absolute atomic E-state index is 0.0543. The van der Waals surface area contributed by atoms with E-state index in [1.165, 1.54) is 31.2 Å². The first-order chi connectivity index (χ1) is 10.7. The fraction of sp³-hybridized carbons (Fsp3) is 0.0714. The van der Waals surface area contributed by atoms with E-state index in [2.05, 4.69) is 9.71 Å². The quantitative estimate of drug-likeness (QED) is 0.793. The second-order valence-electron chi connectivity index (χ2n) is 4.47. The molecule has 0 amide bonds. The number of nitrogens with zero attached hydrogens (tertiary/aromatic N) is 1. The molecule has 1 aromatic carbocycles. The van der Waals surface area contributed by atoms with Crippen molar-refractivity contribution in [1.82, 2.24) is 4.98 Å². The second-order valence-corrected chi connectivity index (χ2v) is 7.00. The highest BCUT2D eigenvalue weighted by atomic mass is 35.5. The second kappa shape index (κ2) is 6.74. The van der Waals surface area contributed by atoms with Crippen LogP contribution in [-0.2, 0) is 10.0 Å². The Hall–Kier alpha value is -1.83. The molecule has 0 radical (unpaired) electrons. The van der Waals surface area contributed by atoms with Crippen LogP contribution in [0.3, 0.4) is 0 Å². The van der Waals surface area contributed by atoms with Crippen LogP contribution in [-0.4, -0.2) is 13.4 Å². The molecule has 2 rings (SSSR count). The molecule has 0 aliphatic heterocycles. The SMILES string of the molecule is C/C=C(\c1ccc(Cl)cc1N)S(=O)(=O)Nc1ncc(Cl)cc1F. The first-order valence-electron chi connectivity index (χ1n) is 6.30. The summed E-state index contributed by atoms with van der Waals surface area (Å²) in [6.45, 7) is 1.52. The number of allylic oxidation sites excluding steroid dienone is 1. The number of halogens is 3. The third kappa shape index (κ3) is 3.93. The van der Waals surface area contributed by atoms with E-state index in [0.29, 0.717) is 5.02 Å². The molecule has 3 N–H and O–H groups in total. The molecule has 0 aliphatic rings. The lowest BCUT2D eigenvalue weighted by atomic mass is 10.1. The summed E-state index contributed by atoms with van der Waals surface area (Å²) < 4.78 is 40.8. The van der Waals surface area contributed by atoms with Gasteiger partial charge in [0.05, 0.1) is 9.93 Å². The van der Waals surface area contributed by atoms with Gasteiger partial charge in [-0.1, -0.05) is 35.3 Å². The molecule has 1 aromatic heterocycles. The number of nitrogens with one attached hydrogen (secondary N) is 1. The van der Waals surface area contributed by atoms with E-state index in [0.717, 1.165) is 12.3 Å². The van der Waals surface area contributed by atoms with Crippen molar-refractivity contribution in [3.05, 3.63) is 58.0 Å². The monoisotopic (exact) mass is 375 g/mol. The maximum Gasteiger partial charge on any atom is 0.263 e. The van der Waals surface area contributed by atoms with Crippen molar-refractivity contribution in [3.8, 4) is 0 Å². The summed E-state index contributed by atoms with van der Waals surface area (Å²) in [5.74, 6) is -1.35. The van der Waals surface area contributed by atoms with Crippen molar-refractivity contribution < 1.29 is 12.8 Å². The lowest BCUT2D eigenvalue weighted by Crippen LogP contribution is -2.17. The van der Waals surface area contributed by atoms with Gasteiger partial charge in [0.15, 0.2) is 11.6 Å². The summed E-state index contributed by atoms with van der Waals surface area (Å²) in [4.78, 5) is 3.51. The summed E-state index contributed by atoms with van der Waals surface area (Å²) in [5, 5.41) is 0.427. The maximum absolute atomic E-state index is 13.7. The van der Waals surface area contributed by atoms with Gasteiger partial charge in [-0.15, -0.1) is 0 Å². The third-order valence-corrected chi connectivity index (χ3v) is 4.81. The summed E-state index contributed by atoms with van der Waals surface area (Å²) >= 11 is 11.4. The number of hydrogen-bond donors (Lipinski definition) is 2. The number of aromatic nitrogens is 1. The van der Waals surface area contributed by atoms with Crippen LogP contribution in [0.2, 0.25) is 10.0 Å². The normalized spacial score (nSPS) is 12.3. The summed E-state index contributed by atoms with van der Waals surface area (Å²) in [5.41, 5.74) is 6.24. The molecule has 5 nitrogen and oxygen atoms in total. The first kappa shape index (κ1) is 17.5. The molecular formula is C14H12Cl2FN3O2S. The standard InChI is InChI=1S/C14H12Cl2FN3O2S/c1-2-13(10-4-3-8(15)6-12(10)18)23(21,22)20-14-11(17)5-9(16)7-19-14/h2-7H,18H2,1H3,(H,19,20)/b13-2+. The highest BCUT2D eigenvalue weighted by Gasteiger charge is 2.23.